The number of aromatic nitrogens is 2. The molecular weight excluding hydrogens is 252 g/mol. The number of para-hydroxylation sites is 1. The molecule has 0 radical (unpaired) electrons. The summed E-state index contributed by atoms with van der Waals surface area (Å²) in [5.41, 5.74) is 2.13. The van der Waals surface area contributed by atoms with Crippen LogP contribution in [0.5, 0.6) is 0 Å². The summed E-state index contributed by atoms with van der Waals surface area (Å²) >= 11 is 0. The molecule has 104 valence electrons. The van der Waals surface area contributed by atoms with Crippen molar-refractivity contribution in [2.75, 3.05) is 5.32 Å². The molecule has 0 bridgehead atoms. The number of anilines is 1. The number of benzene rings is 1. The highest BCUT2D eigenvalue weighted by atomic mass is 16.2. The van der Waals surface area contributed by atoms with Crippen LogP contribution in [-0.4, -0.2) is 21.5 Å². The molecule has 1 aliphatic rings. The number of carbonyl (C=O) groups is 1. The Kier molecular flexibility index (Phi) is 3.52. The number of nitrogens with zero attached hydrogens (tertiary/aromatic N) is 2. The third kappa shape index (κ3) is 2.58. The first-order valence-electron chi connectivity index (χ1n) is 6.82. The first-order chi connectivity index (χ1) is 9.74. The number of rotatable bonds is 3. The van der Waals surface area contributed by atoms with Crippen molar-refractivity contribution in [3.05, 3.63) is 48.0 Å². The van der Waals surface area contributed by atoms with Gasteiger partial charge in [-0.25, -0.2) is 4.98 Å². The second kappa shape index (κ2) is 5.46. The van der Waals surface area contributed by atoms with Gasteiger partial charge in [-0.1, -0.05) is 18.2 Å². The van der Waals surface area contributed by atoms with Crippen LogP contribution in [0, 0.1) is 0 Å². The standard InChI is InChI=1S/C15H18N4O/c1-19-9-8-16-14(19)10-17-13-7-6-11-4-2-3-5-12(11)18-15(13)20/h2-5,8-9,13,17H,6-7,10H2,1H3,(H,18,20). The van der Waals surface area contributed by atoms with Gasteiger partial charge in [0.2, 0.25) is 5.91 Å². The lowest BCUT2D eigenvalue weighted by molar-refractivity contribution is -0.118. The molecule has 2 aromatic rings. The molecule has 0 saturated heterocycles. The van der Waals surface area contributed by atoms with Crippen LogP contribution < -0.4 is 10.6 Å². The third-order valence-corrected chi connectivity index (χ3v) is 3.72. The Morgan fingerprint density at radius 2 is 2.30 bits per heavy atom. The minimum absolute atomic E-state index is 0.0316. The molecule has 0 saturated carbocycles. The molecule has 1 unspecified atom stereocenters. The van der Waals surface area contributed by atoms with E-state index >= 15 is 0 Å². The van der Waals surface area contributed by atoms with Crippen LogP contribution >= 0.6 is 0 Å². The smallest absolute Gasteiger partial charge is 0.241 e. The zero-order valence-corrected chi connectivity index (χ0v) is 11.5. The molecular formula is C15H18N4O. The minimum atomic E-state index is -0.181. The average molecular weight is 270 g/mol. The number of nitrogens with one attached hydrogen (secondary N) is 2. The van der Waals surface area contributed by atoms with Crippen molar-refractivity contribution in [2.24, 2.45) is 7.05 Å². The molecule has 1 aromatic heterocycles. The zero-order chi connectivity index (χ0) is 13.9. The van der Waals surface area contributed by atoms with Gasteiger partial charge in [0.25, 0.3) is 0 Å². The molecule has 0 fully saturated rings. The maximum Gasteiger partial charge on any atom is 0.241 e. The van der Waals surface area contributed by atoms with Crippen LogP contribution in [0.2, 0.25) is 0 Å². The van der Waals surface area contributed by atoms with Crippen molar-refractivity contribution in [3.8, 4) is 0 Å². The maximum absolute atomic E-state index is 12.2. The number of hydrogen-bond donors (Lipinski definition) is 2. The summed E-state index contributed by atoms with van der Waals surface area (Å²) in [6.07, 6.45) is 5.36. The Balaban J connectivity index is 1.67. The van der Waals surface area contributed by atoms with Crippen molar-refractivity contribution in [1.82, 2.24) is 14.9 Å². The first kappa shape index (κ1) is 12.9. The lowest BCUT2D eigenvalue weighted by Gasteiger charge is -2.15. The molecule has 2 heterocycles. The van der Waals surface area contributed by atoms with Crippen molar-refractivity contribution in [2.45, 2.75) is 25.4 Å². The molecule has 20 heavy (non-hydrogen) atoms. The normalized spacial score (nSPS) is 18.2. The van der Waals surface area contributed by atoms with Crippen LogP contribution in [-0.2, 0) is 24.8 Å². The topological polar surface area (TPSA) is 59.0 Å². The van der Waals surface area contributed by atoms with E-state index in [4.69, 9.17) is 0 Å². The molecule has 0 aliphatic carbocycles. The monoisotopic (exact) mass is 270 g/mol. The lowest BCUT2D eigenvalue weighted by Crippen LogP contribution is -2.39. The van der Waals surface area contributed by atoms with Gasteiger partial charge in [-0.05, 0) is 24.5 Å². The summed E-state index contributed by atoms with van der Waals surface area (Å²) in [4.78, 5) is 16.5. The second-order valence-corrected chi connectivity index (χ2v) is 5.07. The molecule has 0 spiro atoms. The van der Waals surface area contributed by atoms with Gasteiger partial charge < -0.3 is 9.88 Å². The van der Waals surface area contributed by atoms with E-state index in [9.17, 15) is 4.79 Å². The fourth-order valence-corrected chi connectivity index (χ4v) is 2.49. The summed E-state index contributed by atoms with van der Waals surface area (Å²) in [6.45, 7) is 0.595. The van der Waals surface area contributed by atoms with E-state index in [1.807, 2.05) is 36.0 Å². The van der Waals surface area contributed by atoms with Crippen LogP contribution in [0.15, 0.2) is 36.7 Å². The Morgan fingerprint density at radius 1 is 1.45 bits per heavy atom. The first-order valence-corrected chi connectivity index (χ1v) is 6.82. The summed E-state index contributed by atoms with van der Waals surface area (Å²) in [6, 6.07) is 7.79. The summed E-state index contributed by atoms with van der Waals surface area (Å²) < 4.78 is 1.95. The van der Waals surface area contributed by atoms with Gasteiger partial charge in [-0.3, -0.25) is 10.1 Å². The van der Waals surface area contributed by atoms with Crippen LogP contribution in [0.4, 0.5) is 5.69 Å². The molecule has 2 N–H and O–H groups in total. The number of hydrogen-bond acceptors (Lipinski definition) is 3. The summed E-state index contributed by atoms with van der Waals surface area (Å²) in [5, 5.41) is 6.28. The van der Waals surface area contributed by atoms with Gasteiger partial charge in [0, 0.05) is 25.1 Å². The molecule has 5 nitrogen and oxygen atoms in total. The average Bonchev–Trinajstić information content (AvgIpc) is 2.78. The highest BCUT2D eigenvalue weighted by Gasteiger charge is 2.23. The van der Waals surface area contributed by atoms with Crippen LogP contribution in [0.3, 0.4) is 0 Å². The number of imidazole rings is 1. The van der Waals surface area contributed by atoms with Gasteiger partial charge in [-0.15, -0.1) is 0 Å². The summed E-state index contributed by atoms with van der Waals surface area (Å²) in [5.74, 6) is 0.962. The highest BCUT2D eigenvalue weighted by Crippen LogP contribution is 2.21. The largest absolute Gasteiger partial charge is 0.337 e. The van der Waals surface area contributed by atoms with Crippen molar-refractivity contribution >= 4 is 11.6 Å². The second-order valence-electron chi connectivity index (χ2n) is 5.07. The van der Waals surface area contributed by atoms with E-state index in [1.165, 1.54) is 5.56 Å². The number of amides is 1. The van der Waals surface area contributed by atoms with E-state index < -0.39 is 0 Å². The molecule has 1 aliphatic heterocycles. The predicted molar refractivity (Wildman–Crippen MR) is 77.2 cm³/mol. The Hall–Kier alpha value is -2.14. The van der Waals surface area contributed by atoms with Crippen LogP contribution in [0.1, 0.15) is 17.8 Å². The van der Waals surface area contributed by atoms with Gasteiger partial charge in [0.15, 0.2) is 0 Å². The quantitative estimate of drug-likeness (QED) is 0.888. The Labute approximate surface area is 118 Å². The molecule has 1 aromatic carbocycles. The molecule has 1 atom stereocenters. The fraction of sp³-hybridized carbons (Fsp3) is 0.333. The van der Waals surface area contributed by atoms with Gasteiger partial charge in [0.05, 0.1) is 12.6 Å². The Bertz CT molecular complexity index is 620. The Morgan fingerprint density at radius 3 is 3.10 bits per heavy atom. The fourth-order valence-electron chi connectivity index (χ4n) is 2.49. The number of aryl methyl sites for hydroxylation is 2. The van der Waals surface area contributed by atoms with Gasteiger partial charge in [-0.2, -0.15) is 0 Å². The zero-order valence-electron chi connectivity index (χ0n) is 11.5. The van der Waals surface area contributed by atoms with E-state index in [2.05, 4.69) is 21.7 Å². The maximum atomic E-state index is 12.2. The number of fused-ring (bicyclic) bond motifs is 1. The predicted octanol–water partition coefficient (Wildman–Crippen LogP) is 1.46. The van der Waals surface area contributed by atoms with E-state index in [0.717, 1.165) is 24.4 Å². The summed E-state index contributed by atoms with van der Waals surface area (Å²) in [7, 11) is 1.95. The SMILES string of the molecule is Cn1ccnc1CNC1CCc2ccccc2NC1=O. The van der Waals surface area contributed by atoms with Crippen molar-refractivity contribution in [1.29, 1.82) is 0 Å². The third-order valence-electron chi connectivity index (χ3n) is 3.72. The minimum Gasteiger partial charge on any atom is -0.337 e. The highest BCUT2D eigenvalue weighted by molar-refractivity contribution is 5.96. The molecule has 3 rings (SSSR count). The van der Waals surface area contributed by atoms with Crippen molar-refractivity contribution in [3.63, 3.8) is 0 Å². The number of carbonyl (C=O) groups excluding carboxylic acids is 1. The van der Waals surface area contributed by atoms with Crippen molar-refractivity contribution < 1.29 is 4.79 Å². The van der Waals surface area contributed by atoms with Gasteiger partial charge in [0.1, 0.15) is 5.82 Å². The molecule has 1 amide bonds. The van der Waals surface area contributed by atoms with E-state index in [1.54, 1.807) is 6.20 Å². The van der Waals surface area contributed by atoms with E-state index in [0.29, 0.717) is 6.54 Å². The lowest BCUT2D eigenvalue weighted by atomic mass is 10.1. The van der Waals surface area contributed by atoms with E-state index in [-0.39, 0.29) is 11.9 Å². The molecule has 5 heteroatoms. The van der Waals surface area contributed by atoms with Gasteiger partial charge >= 0.3 is 0 Å². The van der Waals surface area contributed by atoms with Crippen LogP contribution in [0.25, 0.3) is 0 Å².